The molecule has 1 N–H and O–H groups in total. The Kier molecular flexibility index (Phi) is 4.46. The number of halogens is 1. The van der Waals surface area contributed by atoms with E-state index in [2.05, 4.69) is 5.32 Å². The third-order valence-electron chi connectivity index (χ3n) is 3.66. The molecule has 0 heterocycles. The summed E-state index contributed by atoms with van der Waals surface area (Å²) >= 11 is 0. The molecule has 1 fully saturated rings. The number of hydrogen-bond donors (Lipinski definition) is 1. The molecule has 1 aromatic rings. The van der Waals surface area contributed by atoms with E-state index in [1.54, 1.807) is 13.0 Å². The fourth-order valence-corrected chi connectivity index (χ4v) is 3.42. The zero-order valence-electron chi connectivity index (χ0n) is 12.1. The number of benzene rings is 1. The molecule has 0 radical (unpaired) electrons. The Morgan fingerprint density at radius 2 is 2.05 bits per heavy atom. The molecular formula is C14H21FN2O2S. The molecule has 0 amide bonds. The van der Waals surface area contributed by atoms with Gasteiger partial charge in [-0.05, 0) is 37.5 Å². The van der Waals surface area contributed by atoms with Crippen molar-refractivity contribution in [3.63, 3.8) is 0 Å². The maximum atomic E-state index is 14.0. The van der Waals surface area contributed by atoms with Gasteiger partial charge in [-0.2, -0.15) is 0 Å². The molecule has 0 spiro atoms. The van der Waals surface area contributed by atoms with Crippen LogP contribution in [0.5, 0.6) is 0 Å². The lowest BCUT2D eigenvalue weighted by atomic mass is 10.1. The van der Waals surface area contributed by atoms with Gasteiger partial charge in [0, 0.05) is 31.7 Å². The van der Waals surface area contributed by atoms with E-state index in [1.807, 2.05) is 0 Å². The van der Waals surface area contributed by atoms with Gasteiger partial charge in [-0.25, -0.2) is 17.1 Å². The van der Waals surface area contributed by atoms with Gasteiger partial charge in [0.2, 0.25) is 10.0 Å². The van der Waals surface area contributed by atoms with Gasteiger partial charge in [-0.1, -0.05) is 6.92 Å². The van der Waals surface area contributed by atoms with Crippen molar-refractivity contribution in [2.45, 2.75) is 44.2 Å². The monoisotopic (exact) mass is 300 g/mol. The Balaban J connectivity index is 2.35. The molecule has 0 bridgehead atoms. The van der Waals surface area contributed by atoms with Gasteiger partial charge in [-0.3, -0.25) is 0 Å². The zero-order valence-corrected chi connectivity index (χ0v) is 12.9. The fourth-order valence-electron chi connectivity index (χ4n) is 1.96. The van der Waals surface area contributed by atoms with Crippen molar-refractivity contribution in [3.8, 4) is 0 Å². The maximum Gasteiger partial charge on any atom is 0.243 e. The first kappa shape index (κ1) is 15.4. The Bertz CT molecular complexity index is 597. The molecule has 6 heteroatoms. The van der Waals surface area contributed by atoms with Crippen molar-refractivity contribution in [1.82, 2.24) is 9.62 Å². The van der Waals surface area contributed by atoms with Crippen LogP contribution >= 0.6 is 0 Å². The Labute approximate surface area is 120 Å². The van der Waals surface area contributed by atoms with E-state index in [9.17, 15) is 12.8 Å². The van der Waals surface area contributed by atoms with Crippen LogP contribution in [0.1, 0.15) is 30.9 Å². The van der Waals surface area contributed by atoms with E-state index in [0.29, 0.717) is 24.7 Å². The van der Waals surface area contributed by atoms with Crippen LogP contribution in [0.25, 0.3) is 0 Å². The summed E-state index contributed by atoms with van der Waals surface area (Å²) < 4.78 is 40.0. The molecular weight excluding hydrogens is 279 g/mol. The van der Waals surface area contributed by atoms with E-state index in [0.717, 1.165) is 12.8 Å². The van der Waals surface area contributed by atoms with Gasteiger partial charge in [0.1, 0.15) is 5.82 Å². The summed E-state index contributed by atoms with van der Waals surface area (Å²) in [5, 5.41) is 3.27. The first-order valence-electron chi connectivity index (χ1n) is 6.85. The van der Waals surface area contributed by atoms with Crippen LogP contribution in [0.3, 0.4) is 0 Å². The highest BCUT2D eigenvalue weighted by Crippen LogP contribution is 2.24. The van der Waals surface area contributed by atoms with Gasteiger partial charge in [-0.15, -0.1) is 0 Å². The molecule has 20 heavy (non-hydrogen) atoms. The summed E-state index contributed by atoms with van der Waals surface area (Å²) in [5.41, 5.74) is 0.851. The van der Waals surface area contributed by atoms with Gasteiger partial charge in [0.05, 0.1) is 4.90 Å². The molecule has 0 unspecified atom stereocenters. The molecule has 1 aliphatic carbocycles. The zero-order chi connectivity index (χ0) is 14.9. The fraction of sp³-hybridized carbons (Fsp3) is 0.571. The molecule has 0 atom stereocenters. The van der Waals surface area contributed by atoms with Crippen molar-refractivity contribution in [1.29, 1.82) is 0 Å². The van der Waals surface area contributed by atoms with Crippen LogP contribution in [0, 0.1) is 12.7 Å². The minimum atomic E-state index is -3.62. The van der Waals surface area contributed by atoms with Gasteiger partial charge in [0.15, 0.2) is 0 Å². The topological polar surface area (TPSA) is 49.4 Å². The lowest BCUT2D eigenvalue weighted by Crippen LogP contribution is -2.27. The van der Waals surface area contributed by atoms with Crippen molar-refractivity contribution in [2.24, 2.45) is 0 Å². The van der Waals surface area contributed by atoms with Crippen LogP contribution in [0.2, 0.25) is 0 Å². The molecule has 0 aliphatic heterocycles. The highest BCUT2D eigenvalue weighted by Gasteiger charge is 2.25. The summed E-state index contributed by atoms with van der Waals surface area (Å²) in [7, 11) is -2.12. The number of rotatable bonds is 6. The van der Waals surface area contributed by atoms with E-state index >= 15 is 0 Å². The summed E-state index contributed by atoms with van der Waals surface area (Å²) in [6, 6.07) is 3.49. The van der Waals surface area contributed by atoms with Crippen LogP contribution in [-0.4, -0.2) is 32.4 Å². The third-order valence-corrected chi connectivity index (χ3v) is 5.72. The molecule has 1 aliphatic rings. The van der Waals surface area contributed by atoms with Gasteiger partial charge < -0.3 is 5.32 Å². The lowest BCUT2D eigenvalue weighted by Gasteiger charge is -2.18. The predicted molar refractivity (Wildman–Crippen MR) is 76.5 cm³/mol. The number of hydrogen-bond acceptors (Lipinski definition) is 3. The van der Waals surface area contributed by atoms with E-state index in [4.69, 9.17) is 0 Å². The highest BCUT2D eigenvalue weighted by molar-refractivity contribution is 7.89. The van der Waals surface area contributed by atoms with Crippen LogP contribution in [-0.2, 0) is 16.6 Å². The Hall–Kier alpha value is -0.980. The minimum absolute atomic E-state index is 0.0643. The summed E-state index contributed by atoms with van der Waals surface area (Å²) in [4.78, 5) is 0.0643. The van der Waals surface area contributed by atoms with E-state index in [1.165, 1.54) is 24.3 Å². The Morgan fingerprint density at radius 3 is 2.60 bits per heavy atom. The second-order valence-corrected chi connectivity index (χ2v) is 7.29. The predicted octanol–water partition coefficient (Wildman–Crippen LogP) is 2.03. The highest BCUT2D eigenvalue weighted by atomic mass is 32.2. The molecule has 112 valence electrons. The molecule has 0 saturated heterocycles. The lowest BCUT2D eigenvalue weighted by molar-refractivity contribution is 0.484. The first-order valence-corrected chi connectivity index (χ1v) is 8.29. The summed E-state index contributed by atoms with van der Waals surface area (Å²) in [6.45, 7) is 4.11. The Morgan fingerprint density at radius 1 is 1.40 bits per heavy atom. The van der Waals surface area contributed by atoms with E-state index in [-0.39, 0.29) is 10.5 Å². The van der Waals surface area contributed by atoms with Crippen LogP contribution in [0.15, 0.2) is 17.0 Å². The van der Waals surface area contributed by atoms with Crippen LogP contribution < -0.4 is 5.32 Å². The number of nitrogens with one attached hydrogen (secondary N) is 1. The van der Waals surface area contributed by atoms with Gasteiger partial charge >= 0.3 is 0 Å². The quantitative estimate of drug-likeness (QED) is 0.874. The number of sulfonamides is 1. The van der Waals surface area contributed by atoms with Crippen molar-refractivity contribution >= 4 is 10.0 Å². The molecule has 4 nitrogen and oxygen atoms in total. The van der Waals surface area contributed by atoms with Crippen LogP contribution in [0.4, 0.5) is 4.39 Å². The average Bonchev–Trinajstić information content (AvgIpc) is 3.22. The average molecular weight is 300 g/mol. The van der Waals surface area contributed by atoms with E-state index < -0.39 is 15.8 Å². The second-order valence-electron chi connectivity index (χ2n) is 5.28. The van der Waals surface area contributed by atoms with Gasteiger partial charge in [0.25, 0.3) is 0 Å². The molecule has 2 rings (SSSR count). The first-order chi connectivity index (χ1) is 9.36. The smallest absolute Gasteiger partial charge is 0.243 e. The summed E-state index contributed by atoms with van der Waals surface area (Å²) in [5.74, 6) is -0.469. The number of nitrogens with zero attached hydrogens (tertiary/aromatic N) is 1. The molecule has 0 aromatic heterocycles. The maximum absolute atomic E-state index is 14.0. The molecule has 1 aromatic carbocycles. The standard InChI is InChI=1S/C14H21FN2O2S/c1-4-17(3)20(18,19)14-8-11(7-13(15)10(14)2)9-16-12-5-6-12/h7-8,12,16H,4-6,9H2,1-3H3. The SMILES string of the molecule is CCN(C)S(=O)(=O)c1cc(CNC2CC2)cc(F)c1C. The largest absolute Gasteiger partial charge is 0.310 e. The van der Waals surface area contributed by atoms with Crippen molar-refractivity contribution < 1.29 is 12.8 Å². The summed E-state index contributed by atoms with van der Waals surface area (Å²) in [6.07, 6.45) is 2.27. The second kappa shape index (κ2) is 5.79. The third kappa shape index (κ3) is 3.19. The normalized spacial score (nSPS) is 15.8. The molecule has 1 saturated carbocycles. The van der Waals surface area contributed by atoms with Crippen molar-refractivity contribution in [2.75, 3.05) is 13.6 Å². The van der Waals surface area contributed by atoms with Crippen molar-refractivity contribution in [3.05, 3.63) is 29.1 Å². The minimum Gasteiger partial charge on any atom is -0.310 e.